The third kappa shape index (κ3) is 4.67. The van der Waals surface area contributed by atoms with Gasteiger partial charge >= 0.3 is 0 Å². The molecule has 2 aromatic rings. The van der Waals surface area contributed by atoms with E-state index in [0.717, 1.165) is 11.3 Å². The molecular formula is C16H15Cl2NOS. The molecule has 2 rings (SSSR count). The molecule has 0 spiro atoms. The van der Waals surface area contributed by atoms with Gasteiger partial charge in [0.05, 0.1) is 16.0 Å². The Kier molecular flexibility index (Phi) is 5.97. The number of carbonyl (C=O) groups excluding carboxylic acids is 1. The van der Waals surface area contributed by atoms with E-state index in [1.807, 2.05) is 43.3 Å². The average Bonchev–Trinajstić information content (AvgIpc) is 2.49. The minimum Gasteiger partial charge on any atom is -0.324 e. The molecule has 1 amide bonds. The molecule has 1 N–H and O–H groups in total. The molecule has 2 nitrogen and oxygen atoms in total. The molecular weight excluding hydrogens is 325 g/mol. The Morgan fingerprint density at radius 2 is 1.81 bits per heavy atom. The zero-order valence-corrected chi connectivity index (χ0v) is 13.8. The molecule has 0 bridgehead atoms. The fraction of sp³-hybridized carbons (Fsp3) is 0.188. The predicted octanol–water partition coefficient (Wildman–Crippen LogP) is 5.50. The minimum absolute atomic E-state index is 0.0504. The largest absolute Gasteiger partial charge is 0.324 e. The van der Waals surface area contributed by atoms with Crippen molar-refractivity contribution in [2.45, 2.75) is 23.5 Å². The molecule has 5 heteroatoms. The van der Waals surface area contributed by atoms with Crippen LogP contribution in [0.2, 0.25) is 10.0 Å². The summed E-state index contributed by atoms with van der Waals surface area (Å²) >= 11 is 13.4. The van der Waals surface area contributed by atoms with Crippen LogP contribution in [0, 0.1) is 0 Å². The maximum absolute atomic E-state index is 12.4. The van der Waals surface area contributed by atoms with Crippen LogP contribution in [0.3, 0.4) is 0 Å². The third-order valence-electron chi connectivity index (χ3n) is 2.89. The molecule has 1 unspecified atom stereocenters. The summed E-state index contributed by atoms with van der Waals surface area (Å²) in [6.07, 6.45) is 0.726. The smallest absolute Gasteiger partial charge is 0.237 e. The summed E-state index contributed by atoms with van der Waals surface area (Å²) in [5.74, 6) is -0.0504. The number of hydrogen-bond acceptors (Lipinski definition) is 2. The topological polar surface area (TPSA) is 29.1 Å². The Morgan fingerprint density at radius 3 is 2.43 bits per heavy atom. The number of hydrogen-bond donors (Lipinski definition) is 1. The Hall–Kier alpha value is -1.16. The Labute approximate surface area is 138 Å². The van der Waals surface area contributed by atoms with Crippen molar-refractivity contribution in [1.82, 2.24) is 0 Å². The van der Waals surface area contributed by atoms with Gasteiger partial charge in [0.2, 0.25) is 5.91 Å². The quantitative estimate of drug-likeness (QED) is 0.728. The van der Waals surface area contributed by atoms with E-state index in [4.69, 9.17) is 23.2 Å². The summed E-state index contributed by atoms with van der Waals surface area (Å²) in [4.78, 5) is 13.4. The first-order chi connectivity index (χ1) is 10.1. The summed E-state index contributed by atoms with van der Waals surface area (Å²) in [6, 6.07) is 14.7. The molecule has 0 radical (unpaired) electrons. The molecule has 0 heterocycles. The van der Waals surface area contributed by atoms with Gasteiger partial charge in [0, 0.05) is 9.92 Å². The van der Waals surface area contributed by atoms with E-state index in [1.165, 1.54) is 11.8 Å². The zero-order valence-electron chi connectivity index (χ0n) is 11.5. The van der Waals surface area contributed by atoms with Crippen LogP contribution in [0.4, 0.5) is 5.69 Å². The maximum atomic E-state index is 12.4. The lowest BCUT2D eigenvalue weighted by Crippen LogP contribution is -2.24. The van der Waals surface area contributed by atoms with Crippen molar-refractivity contribution in [3.05, 3.63) is 58.6 Å². The highest BCUT2D eigenvalue weighted by molar-refractivity contribution is 8.00. The number of anilines is 1. The number of benzene rings is 2. The van der Waals surface area contributed by atoms with Gasteiger partial charge in [-0.25, -0.2) is 0 Å². The predicted molar refractivity (Wildman–Crippen MR) is 91.5 cm³/mol. The first-order valence-electron chi connectivity index (χ1n) is 6.57. The lowest BCUT2D eigenvalue weighted by molar-refractivity contribution is -0.115. The number of amides is 1. The number of para-hydroxylation sites is 1. The molecule has 21 heavy (non-hydrogen) atoms. The van der Waals surface area contributed by atoms with E-state index in [9.17, 15) is 4.79 Å². The zero-order chi connectivity index (χ0) is 15.2. The van der Waals surface area contributed by atoms with Crippen molar-refractivity contribution in [2.75, 3.05) is 5.32 Å². The standard InChI is InChI=1S/C16H15Cl2NOS/c1-2-15(21-12-9-7-11(17)8-10-12)16(20)19-14-6-4-3-5-13(14)18/h3-10,15H,2H2,1H3,(H,19,20). The van der Waals surface area contributed by atoms with Gasteiger partial charge in [0.1, 0.15) is 0 Å². The monoisotopic (exact) mass is 339 g/mol. The summed E-state index contributed by atoms with van der Waals surface area (Å²) in [5.41, 5.74) is 0.638. The van der Waals surface area contributed by atoms with Gasteiger partial charge < -0.3 is 5.32 Å². The molecule has 0 saturated heterocycles. The van der Waals surface area contributed by atoms with Crippen LogP contribution in [0.1, 0.15) is 13.3 Å². The van der Waals surface area contributed by atoms with Crippen molar-refractivity contribution in [1.29, 1.82) is 0 Å². The van der Waals surface area contributed by atoms with Crippen LogP contribution in [0.25, 0.3) is 0 Å². The number of nitrogens with one attached hydrogen (secondary N) is 1. The lowest BCUT2D eigenvalue weighted by atomic mass is 10.2. The third-order valence-corrected chi connectivity index (χ3v) is 4.84. The summed E-state index contributed by atoms with van der Waals surface area (Å²) in [5, 5.41) is 3.92. The Balaban J connectivity index is 2.05. The van der Waals surface area contributed by atoms with Gasteiger partial charge in [-0.05, 0) is 42.8 Å². The van der Waals surface area contributed by atoms with Gasteiger partial charge in [0.15, 0.2) is 0 Å². The second kappa shape index (κ2) is 7.74. The van der Waals surface area contributed by atoms with Gasteiger partial charge in [-0.1, -0.05) is 42.3 Å². The van der Waals surface area contributed by atoms with E-state index in [0.29, 0.717) is 15.7 Å². The number of carbonyl (C=O) groups is 1. The van der Waals surface area contributed by atoms with Crippen molar-refractivity contribution >= 4 is 46.6 Å². The fourth-order valence-corrected chi connectivity index (χ4v) is 3.04. The second-order valence-corrected chi connectivity index (χ2v) is 6.56. The minimum atomic E-state index is -0.178. The van der Waals surface area contributed by atoms with Crippen molar-refractivity contribution in [3.8, 4) is 0 Å². The van der Waals surface area contributed by atoms with Crippen LogP contribution in [-0.4, -0.2) is 11.2 Å². The number of rotatable bonds is 5. The summed E-state index contributed by atoms with van der Waals surface area (Å²) in [6.45, 7) is 1.99. The van der Waals surface area contributed by atoms with Crippen molar-refractivity contribution in [3.63, 3.8) is 0 Å². The van der Waals surface area contributed by atoms with E-state index in [-0.39, 0.29) is 11.2 Å². The highest BCUT2D eigenvalue weighted by Crippen LogP contribution is 2.28. The highest BCUT2D eigenvalue weighted by atomic mass is 35.5. The van der Waals surface area contributed by atoms with Gasteiger partial charge in [-0.3, -0.25) is 4.79 Å². The Bertz CT molecular complexity index is 616. The summed E-state index contributed by atoms with van der Waals surface area (Å²) < 4.78 is 0. The molecule has 0 aliphatic carbocycles. The van der Waals surface area contributed by atoms with Crippen LogP contribution in [0.5, 0.6) is 0 Å². The van der Waals surface area contributed by atoms with Gasteiger partial charge in [0.25, 0.3) is 0 Å². The SMILES string of the molecule is CCC(Sc1ccc(Cl)cc1)C(=O)Nc1ccccc1Cl. The van der Waals surface area contributed by atoms with E-state index < -0.39 is 0 Å². The van der Waals surface area contributed by atoms with Crippen LogP contribution in [0.15, 0.2) is 53.4 Å². The normalized spacial score (nSPS) is 12.0. The molecule has 0 aliphatic heterocycles. The molecule has 0 aromatic heterocycles. The van der Waals surface area contributed by atoms with Gasteiger partial charge in [-0.2, -0.15) is 0 Å². The van der Waals surface area contributed by atoms with Crippen molar-refractivity contribution < 1.29 is 4.79 Å². The maximum Gasteiger partial charge on any atom is 0.237 e. The molecule has 0 fully saturated rings. The number of halogens is 2. The molecule has 2 aromatic carbocycles. The molecule has 0 saturated carbocycles. The van der Waals surface area contributed by atoms with Crippen molar-refractivity contribution in [2.24, 2.45) is 0 Å². The lowest BCUT2D eigenvalue weighted by Gasteiger charge is -2.15. The fourth-order valence-electron chi connectivity index (χ4n) is 1.78. The first kappa shape index (κ1) is 16.2. The average molecular weight is 340 g/mol. The van der Waals surface area contributed by atoms with Gasteiger partial charge in [-0.15, -0.1) is 11.8 Å². The van der Waals surface area contributed by atoms with Crippen LogP contribution >= 0.6 is 35.0 Å². The second-order valence-electron chi connectivity index (χ2n) is 4.44. The first-order valence-corrected chi connectivity index (χ1v) is 8.21. The number of thioether (sulfide) groups is 1. The molecule has 1 atom stereocenters. The Morgan fingerprint density at radius 1 is 1.14 bits per heavy atom. The van der Waals surface area contributed by atoms with Crippen LogP contribution in [-0.2, 0) is 4.79 Å². The van der Waals surface area contributed by atoms with Crippen LogP contribution < -0.4 is 5.32 Å². The highest BCUT2D eigenvalue weighted by Gasteiger charge is 2.18. The van der Waals surface area contributed by atoms with E-state index >= 15 is 0 Å². The molecule has 110 valence electrons. The van der Waals surface area contributed by atoms with E-state index in [1.54, 1.807) is 12.1 Å². The summed E-state index contributed by atoms with van der Waals surface area (Å²) in [7, 11) is 0. The molecule has 0 aliphatic rings. The van der Waals surface area contributed by atoms with E-state index in [2.05, 4.69) is 5.32 Å².